The number of anilines is 2. The van der Waals surface area contributed by atoms with Crippen LogP contribution >= 0.6 is 0 Å². The molecule has 0 saturated carbocycles. The van der Waals surface area contributed by atoms with E-state index in [9.17, 15) is 0 Å². The van der Waals surface area contributed by atoms with E-state index in [-0.39, 0.29) is 5.96 Å². The average Bonchev–Trinajstić information content (AvgIpc) is 2.78. The van der Waals surface area contributed by atoms with Gasteiger partial charge >= 0.3 is 0 Å². The maximum Gasteiger partial charge on any atom is 0.199 e. The first kappa shape index (κ1) is 18.6. The fraction of sp³-hybridized carbons (Fsp3) is 0.125. The second-order valence-corrected chi connectivity index (χ2v) is 6.73. The van der Waals surface area contributed by atoms with Crippen molar-refractivity contribution in [3.8, 4) is 11.5 Å². The number of nitrogens with one attached hydrogen (secondary N) is 2. The van der Waals surface area contributed by atoms with Gasteiger partial charge < -0.3 is 19.7 Å². The molecule has 146 valence electrons. The Hall–Kier alpha value is -3.73. The van der Waals surface area contributed by atoms with Crippen molar-refractivity contribution in [1.29, 1.82) is 5.41 Å². The van der Waals surface area contributed by atoms with E-state index in [1.165, 1.54) is 0 Å². The molecule has 0 radical (unpaired) electrons. The lowest BCUT2D eigenvalue weighted by molar-refractivity contribution is 0.420. The maximum atomic E-state index is 8.67. The molecule has 0 atom stereocenters. The number of rotatable bonds is 4. The molecule has 0 fully saturated rings. The molecule has 2 N–H and O–H groups in total. The highest BCUT2D eigenvalue weighted by atomic mass is 16.5. The van der Waals surface area contributed by atoms with Crippen molar-refractivity contribution in [2.75, 3.05) is 31.5 Å². The molecule has 0 bridgehead atoms. The van der Waals surface area contributed by atoms with Gasteiger partial charge in [0.2, 0.25) is 0 Å². The predicted octanol–water partition coefficient (Wildman–Crippen LogP) is 5.49. The quantitative estimate of drug-likeness (QED) is 0.360. The van der Waals surface area contributed by atoms with Gasteiger partial charge in [0.25, 0.3) is 0 Å². The monoisotopic (exact) mass is 385 g/mol. The summed E-state index contributed by atoms with van der Waals surface area (Å²) in [4.78, 5) is 1.83. The lowest BCUT2D eigenvalue weighted by Gasteiger charge is -2.24. The fourth-order valence-electron chi connectivity index (χ4n) is 3.62. The molecule has 4 aromatic carbocycles. The van der Waals surface area contributed by atoms with E-state index >= 15 is 0 Å². The zero-order valence-electron chi connectivity index (χ0n) is 16.7. The Morgan fingerprint density at radius 2 is 1.24 bits per heavy atom. The van der Waals surface area contributed by atoms with Gasteiger partial charge in [-0.3, -0.25) is 5.41 Å². The molecule has 0 aromatic heterocycles. The van der Waals surface area contributed by atoms with Crippen LogP contribution in [0.25, 0.3) is 21.5 Å². The van der Waals surface area contributed by atoms with Gasteiger partial charge in [-0.15, -0.1) is 0 Å². The molecular formula is C24H23N3O2. The van der Waals surface area contributed by atoms with E-state index in [1.54, 1.807) is 14.2 Å². The Morgan fingerprint density at radius 1 is 0.724 bits per heavy atom. The maximum absolute atomic E-state index is 8.67. The molecule has 0 aliphatic carbocycles. The van der Waals surface area contributed by atoms with E-state index in [1.807, 2.05) is 84.7 Å². The molecule has 0 unspecified atom stereocenters. The van der Waals surface area contributed by atoms with Crippen molar-refractivity contribution in [3.63, 3.8) is 0 Å². The largest absolute Gasteiger partial charge is 0.496 e. The molecule has 0 amide bonds. The summed E-state index contributed by atoms with van der Waals surface area (Å²) in [5, 5.41) is 16.0. The highest BCUT2D eigenvalue weighted by Crippen LogP contribution is 2.34. The fourth-order valence-corrected chi connectivity index (χ4v) is 3.62. The number of methoxy groups -OCH3 is 2. The van der Waals surface area contributed by atoms with E-state index in [0.29, 0.717) is 0 Å². The third-order valence-corrected chi connectivity index (χ3v) is 5.13. The smallest absolute Gasteiger partial charge is 0.199 e. The molecule has 5 heteroatoms. The second-order valence-electron chi connectivity index (χ2n) is 6.73. The van der Waals surface area contributed by atoms with Crippen LogP contribution in [0.2, 0.25) is 0 Å². The molecule has 29 heavy (non-hydrogen) atoms. The number of fused-ring (bicyclic) bond motifs is 2. The van der Waals surface area contributed by atoms with Gasteiger partial charge in [0.05, 0.1) is 19.9 Å². The molecule has 5 nitrogen and oxygen atoms in total. The van der Waals surface area contributed by atoms with Gasteiger partial charge in [0.15, 0.2) is 5.96 Å². The number of hydrogen-bond donors (Lipinski definition) is 2. The van der Waals surface area contributed by atoms with Gasteiger partial charge in [-0.2, -0.15) is 0 Å². The van der Waals surface area contributed by atoms with Crippen LogP contribution in [-0.2, 0) is 0 Å². The summed E-state index contributed by atoms with van der Waals surface area (Å²) < 4.78 is 11.0. The zero-order valence-corrected chi connectivity index (χ0v) is 16.7. The number of hydrogen-bond acceptors (Lipinski definition) is 3. The Balaban J connectivity index is 1.70. The summed E-state index contributed by atoms with van der Waals surface area (Å²) in [6, 6.07) is 23.8. The number of guanidine groups is 1. The van der Waals surface area contributed by atoms with E-state index in [0.717, 1.165) is 44.4 Å². The van der Waals surface area contributed by atoms with Crippen LogP contribution in [0.3, 0.4) is 0 Å². The highest BCUT2D eigenvalue weighted by Gasteiger charge is 2.14. The summed E-state index contributed by atoms with van der Waals surface area (Å²) in [7, 11) is 5.22. The van der Waals surface area contributed by atoms with E-state index in [2.05, 4.69) is 5.32 Å². The number of nitrogens with zero attached hydrogens (tertiary/aromatic N) is 1. The highest BCUT2D eigenvalue weighted by molar-refractivity contribution is 6.12. The summed E-state index contributed by atoms with van der Waals surface area (Å²) in [6.07, 6.45) is 0. The molecular weight excluding hydrogens is 362 g/mol. The first-order chi connectivity index (χ1) is 14.1. The van der Waals surface area contributed by atoms with Crippen molar-refractivity contribution in [1.82, 2.24) is 0 Å². The summed E-state index contributed by atoms with van der Waals surface area (Å²) >= 11 is 0. The lowest BCUT2D eigenvalue weighted by Crippen LogP contribution is -2.32. The van der Waals surface area contributed by atoms with Crippen LogP contribution in [0.15, 0.2) is 72.8 Å². The molecule has 4 aromatic rings. The molecule has 0 spiro atoms. The van der Waals surface area contributed by atoms with Gasteiger partial charge in [-0.25, -0.2) is 0 Å². The Kier molecular flexibility index (Phi) is 4.96. The van der Waals surface area contributed by atoms with E-state index < -0.39 is 0 Å². The minimum atomic E-state index is 0.274. The summed E-state index contributed by atoms with van der Waals surface area (Å²) in [5.74, 6) is 1.90. The average molecular weight is 385 g/mol. The Labute approximate surface area is 170 Å². The second kappa shape index (κ2) is 7.72. The Bertz CT molecular complexity index is 1200. The standard InChI is InChI=1S/C24H23N3O2/c1-27(21-13-15-23(29-3)19-11-7-5-9-17(19)21)24(25)26-20-12-14-22(28-2)18-10-6-4-8-16(18)20/h4-15H,1-3H3,(H2,25,26). The SMILES string of the molecule is COc1ccc(NC(=N)N(C)c2ccc(OC)c3ccccc23)c2ccccc12. The van der Waals surface area contributed by atoms with Crippen LogP contribution in [-0.4, -0.2) is 27.2 Å². The van der Waals surface area contributed by atoms with Crippen molar-refractivity contribution in [3.05, 3.63) is 72.8 Å². The van der Waals surface area contributed by atoms with Gasteiger partial charge in [0.1, 0.15) is 11.5 Å². The zero-order chi connectivity index (χ0) is 20.4. The minimum Gasteiger partial charge on any atom is -0.496 e. The topological polar surface area (TPSA) is 57.6 Å². The predicted molar refractivity (Wildman–Crippen MR) is 121 cm³/mol. The van der Waals surface area contributed by atoms with Crippen LogP contribution in [0.1, 0.15) is 0 Å². The van der Waals surface area contributed by atoms with Crippen molar-refractivity contribution in [2.45, 2.75) is 0 Å². The summed E-state index contributed by atoms with van der Waals surface area (Å²) in [5.41, 5.74) is 1.78. The normalized spacial score (nSPS) is 10.7. The van der Waals surface area contributed by atoms with E-state index in [4.69, 9.17) is 14.9 Å². The van der Waals surface area contributed by atoms with Crippen LogP contribution in [0.4, 0.5) is 11.4 Å². The molecule has 0 saturated heterocycles. The van der Waals surface area contributed by atoms with Crippen molar-refractivity contribution >= 4 is 38.9 Å². The van der Waals surface area contributed by atoms with Gasteiger partial charge in [-0.05, 0) is 24.3 Å². The number of benzene rings is 4. The first-order valence-corrected chi connectivity index (χ1v) is 9.35. The third kappa shape index (κ3) is 3.31. The molecule has 0 aliphatic rings. The Morgan fingerprint density at radius 3 is 1.86 bits per heavy atom. The van der Waals surface area contributed by atoms with Crippen molar-refractivity contribution < 1.29 is 9.47 Å². The van der Waals surface area contributed by atoms with Crippen molar-refractivity contribution in [2.24, 2.45) is 0 Å². The lowest BCUT2D eigenvalue weighted by atomic mass is 10.1. The van der Waals surface area contributed by atoms with Crippen LogP contribution in [0, 0.1) is 5.41 Å². The number of ether oxygens (including phenoxy) is 2. The van der Waals surface area contributed by atoms with Crippen LogP contribution < -0.4 is 19.7 Å². The molecule has 4 rings (SSSR count). The first-order valence-electron chi connectivity index (χ1n) is 9.35. The summed E-state index contributed by atoms with van der Waals surface area (Å²) in [6.45, 7) is 0. The van der Waals surface area contributed by atoms with Gasteiger partial charge in [-0.1, -0.05) is 48.5 Å². The third-order valence-electron chi connectivity index (χ3n) is 5.13. The van der Waals surface area contributed by atoms with Crippen LogP contribution in [0.5, 0.6) is 11.5 Å². The van der Waals surface area contributed by atoms with Gasteiger partial charge in [0, 0.05) is 34.3 Å². The molecule has 0 heterocycles. The minimum absolute atomic E-state index is 0.274. The molecule has 0 aliphatic heterocycles.